The van der Waals surface area contributed by atoms with Crippen molar-refractivity contribution in [3.05, 3.63) is 36.4 Å². The Morgan fingerprint density at radius 3 is 2.91 bits per heavy atom. The van der Waals surface area contributed by atoms with Crippen LogP contribution >= 0.6 is 0 Å². The first-order chi connectivity index (χ1) is 16.0. The summed E-state index contributed by atoms with van der Waals surface area (Å²) in [5.74, 6) is -0.806. The summed E-state index contributed by atoms with van der Waals surface area (Å²) in [5, 5.41) is 11.2. The number of ether oxygens (including phenoxy) is 2. The summed E-state index contributed by atoms with van der Waals surface area (Å²) in [5.41, 5.74) is 2.08. The molecule has 3 aromatic heterocycles. The number of fused-ring (bicyclic) bond motifs is 1. The molecule has 0 spiro atoms. The van der Waals surface area contributed by atoms with Gasteiger partial charge in [-0.1, -0.05) is 0 Å². The molecule has 10 nitrogen and oxygen atoms in total. The lowest BCUT2D eigenvalue weighted by molar-refractivity contribution is -0.114. The van der Waals surface area contributed by atoms with Crippen molar-refractivity contribution >= 4 is 34.3 Å². The van der Waals surface area contributed by atoms with E-state index in [-0.39, 0.29) is 23.7 Å². The Hall–Kier alpha value is -3.40. The molecule has 0 radical (unpaired) electrons. The van der Waals surface area contributed by atoms with Crippen molar-refractivity contribution in [2.24, 2.45) is 0 Å². The molecule has 0 aliphatic carbocycles. The number of carbonyl (C=O) groups excluding carboxylic acids is 2. The Bertz CT molecular complexity index is 1120. The minimum Gasteiger partial charge on any atom is -0.464 e. The van der Waals surface area contributed by atoms with Crippen LogP contribution in [0.2, 0.25) is 0 Å². The van der Waals surface area contributed by atoms with E-state index in [9.17, 15) is 9.59 Å². The third kappa shape index (κ3) is 5.16. The molecule has 1 fully saturated rings. The summed E-state index contributed by atoms with van der Waals surface area (Å²) >= 11 is 0. The summed E-state index contributed by atoms with van der Waals surface area (Å²) in [6.45, 7) is 5.45. The van der Waals surface area contributed by atoms with Gasteiger partial charge in [0.25, 0.3) is 0 Å². The summed E-state index contributed by atoms with van der Waals surface area (Å²) in [4.78, 5) is 29.4. The van der Waals surface area contributed by atoms with Crippen LogP contribution in [-0.4, -0.2) is 57.1 Å². The van der Waals surface area contributed by atoms with E-state index in [0.717, 1.165) is 31.5 Å². The fourth-order valence-electron chi connectivity index (χ4n) is 4.20. The van der Waals surface area contributed by atoms with Gasteiger partial charge >= 0.3 is 5.97 Å². The number of carbonyl (C=O) groups is 2. The minimum atomic E-state index is -0.531. The third-order valence-electron chi connectivity index (χ3n) is 5.75. The molecule has 0 saturated carbocycles. The van der Waals surface area contributed by atoms with Gasteiger partial charge in [0.1, 0.15) is 5.65 Å². The summed E-state index contributed by atoms with van der Waals surface area (Å²) < 4.78 is 14.5. The van der Waals surface area contributed by atoms with Crippen LogP contribution in [0.15, 0.2) is 30.7 Å². The van der Waals surface area contributed by atoms with E-state index in [0.29, 0.717) is 29.9 Å². The van der Waals surface area contributed by atoms with Gasteiger partial charge in [-0.25, -0.2) is 9.78 Å². The molecule has 0 unspecified atom stereocenters. The van der Waals surface area contributed by atoms with Crippen LogP contribution in [0.1, 0.15) is 43.6 Å². The Labute approximate surface area is 192 Å². The number of nitrogens with zero attached hydrogens (tertiary/aromatic N) is 4. The smallest absolute Gasteiger partial charge is 0.356 e. The highest BCUT2D eigenvalue weighted by atomic mass is 16.5. The van der Waals surface area contributed by atoms with Crippen LogP contribution in [0.5, 0.6) is 0 Å². The molecule has 4 heterocycles. The first-order valence-corrected chi connectivity index (χ1v) is 11.2. The Morgan fingerprint density at radius 1 is 1.39 bits per heavy atom. The van der Waals surface area contributed by atoms with E-state index in [2.05, 4.69) is 27.6 Å². The number of amides is 1. The van der Waals surface area contributed by atoms with Gasteiger partial charge in [-0.2, -0.15) is 5.10 Å². The van der Waals surface area contributed by atoms with Gasteiger partial charge < -0.3 is 24.7 Å². The molecular weight excluding hydrogens is 424 g/mol. The van der Waals surface area contributed by atoms with E-state index >= 15 is 0 Å². The normalized spacial score (nSPS) is 16.6. The van der Waals surface area contributed by atoms with E-state index in [4.69, 9.17) is 9.47 Å². The quantitative estimate of drug-likeness (QED) is 0.478. The van der Waals surface area contributed by atoms with Crippen LogP contribution in [0, 0.1) is 0 Å². The summed E-state index contributed by atoms with van der Waals surface area (Å²) in [6, 6.07) is 3.97. The van der Waals surface area contributed by atoms with Crippen LogP contribution in [0.3, 0.4) is 0 Å². The van der Waals surface area contributed by atoms with Gasteiger partial charge in [0.05, 0.1) is 37.3 Å². The molecule has 1 saturated heterocycles. The molecule has 2 atom stereocenters. The number of methoxy groups -OCH3 is 1. The number of hydrogen-bond donors (Lipinski definition) is 2. The maximum atomic E-state index is 12.8. The Kier molecular flexibility index (Phi) is 6.93. The average Bonchev–Trinajstić information content (AvgIpc) is 3.54. The number of esters is 1. The second-order valence-corrected chi connectivity index (χ2v) is 8.34. The molecule has 4 rings (SSSR count). The minimum absolute atomic E-state index is 0.0175. The van der Waals surface area contributed by atoms with Crippen LogP contribution in [-0.2, 0) is 27.4 Å². The van der Waals surface area contributed by atoms with Crippen molar-refractivity contribution in [3.63, 3.8) is 0 Å². The highest BCUT2D eigenvalue weighted by Gasteiger charge is 2.28. The molecule has 1 amide bonds. The highest BCUT2D eigenvalue weighted by Crippen LogP contribution is 2.34. The zero-order valence-corrected chi connectivity index (χ0v) is 19.2. The second kappa shape index (κ2) is 10.0. The van der Waals surface area contributed by atoms with Crippen molar-refractivity contribution in [3.8, 4) is 0 Å². The average molecular weight is 455 g/mol. The monoisotopic (exact) mass is 454 g/mol. The fourth-order valence-corrected chi connectivity index (χ4v) is 4.20. The second-order valence-electron chi connectivity index (χ2n) is 8.34. The lowest BCUT2D eigenvalue weighted by Gasteiger charge is -2.16. The van der Waals surface area contributed by atoms with E-state index in [1.807, 2.05) is 23.0 Å². The van der Waals surface area contributed by atoms with Gasteiger partial charge in [-0.3, -0.25) is 9.48 Å². The first kappa shape index (κ1) is 22.8. The summed E-state index contributed by atoms with van der Waals surface area (Å²) in [7, 11) is 1.33. The molecule has 0 aromatic carbocycles. The van der Waals surface area contributed by atoms with Crippen LogP contribution in [0.25, 0.3) is 11.0 Å². The van der Waals surface area contributed by atoms with E-state index in [1.54, 1.807) is 17.0 Å². The van der Waals surface area contributed by atoms with E-state index < -0.39 is 5.97 Å². The molecule has 2 N–H and O–H groups in total. The molecule has 0 bridgehead atoms. The predicted molar refractivity (Wildman–Crippen MR) is 124 cm³/mol. The molecule has 10 heteroatoms. The van der Waals surface area contributed by atoms with Crippen LogP contribution in [0.4, 0.5) is 11.4 Å². The molecular formula is C23H30N6O4. The Balaban J connectivity index is 1.67. The van der Waals surface area contributed by atoms with Crippen molar-refractivity contribution in [1.29, 1.82) is 0 Å². The molecule has 33 heavy (non-hydrogen) atoms. The lowest BCUT2D eigenvalue weighted by Crippen LogP contribution is -2.21. The number of aromatic nitrogens is 4. The van der Waals surface area contributed by atoms with E-state index in [1.165, 1.54) is 14.0 Å². The Morgan fingerprint density at radius 2 is 2.24 bits per heavy atom. The number of anilines is 2. The number of nitrogens with one attached hydrogen (secondary N) is 2. The highest BCUT2D eigenvalue weighted by molar-refractivity contribution is 6.10. The predicted octanol–water partition coefficient (Wildman–Crippen LogP) is 3.05. The van der Waals surface area contributed by atoms with Gasteiger partial charge in [0, 0.05) is 43.9 Å². The molecule has 1 aliphatic heterocycles. The largest absolute Gasteiger partial charge is 0.464 e. The maximum absolute atomic E-state index is 12.8. The summed E-state index contributed by atoms with van der Waals surface area (Å²) in [6.07, 6.45) is 8.18. The zero-order valence-electron chi connectivity index (χ0n) is 19.2. The molecule has 176 valence electrons. The zero-order chi connectivity index (χ0) is 23.4. The van der Waals surface area contributed by atoms with Crippen LogP contribution < -0.4 is 10.6 Å². The van der Waals surface area contributed by atoms with Crippen molar-refractivity contribution in [2.75, 3.05) is 24.4 Å². The lowest BCUT2D eigenvalue weighted by atomic mass is 10.2. The fraction of sp³-hybridized carbons (Fsp3) is 0.478. The SMILES string of the molecule is COC(=O)c1c(NC(C)=O)c2cc(N[C@H](C)CCn3cccn3)cnc2n1C[C@H]1CCCO1. The number of hydrogen-bond acceptors (Lipinski definition) is 7. The number of rotatable bonds is 9. The topological polar surface area (TPSA) is 112 Å². The maximum Gasteiger partial charge on any atom is 0.356 e. The van der Waals surface area contributed by atoms with Gasteiger partial charge in [0.2, 0.25) is 5.91 Å². The molecule has 3 aromatic rings. The molecule has 1 aliphatic rings. The van der Waals surface area contributed by atoms with Gasteiger partial charge in [-0.15, -0.1) is 0 Å². The van der Waals surface area contributed by atoms with Gasteiger partial charge in [-0.05, 0) is 38.3 Å². The third-order valence-corrected chi connectivity index (χ3v) is 5.75. The standard InChI is InChI=1S/C23H30N6O4/c1-15(7-10-28-9-5-8-25-28)26-17-12-19-20(27-16(2)30)21(23(31)32-3)29(22(19)24-13-17)14-18-6-4-11-33-18/h5,8-9,12-13,15,18,26H,4,6-7,10-11,14H2,1-3H3,(H,27,30)/t15-,18-/m1/s1. The number of pyridine rings is 1. The number of aryl methyl sites for hydroxylation is 1. The van der Waals surface area contributed by atoms with Gasteiger partial charge in [0.15, 0.2) is 5.69 Å². The van der Waals surface area contributed by atoms with Crippen molar-refractivity contribution in [1.82, 2.24) is 19.3 Å². The van der Waals surface area contributed by atoms with Crippen molar-refractivity contribution < 1.29 is 19.1 Å². The van der Waals surface area contributed by atoms with Crippen molar-refractivity contribution in [2.45, 2.75) is 58.3 Å². The first-order valence-electron chi connectivity index (χ1n) is 11.2.